The van der Waals surface area contributed by atoms with Gasteiger partial charge >= 0.3 is 6.07 Å². The third-order valence-corrected chi connectivity index (χ3v) is 7.17. The van der Waals surface area contributed by atoms with Crippen LogP contribution in [0, 0.1) is 61.5 Å². The maximum atomic E-state index is 8.78. The predicted molar refractivity (Wildman–Crippen MR) is 168 cm³/mol. The minimum Gasteiger partial charge on any atom is -0.411 e. The molecule has 0 amide bonds. The largest absolute Gasteiger partial charge is 0.411 e. The van der Waals surface area contributed by atoms with Gasteiger partial charge in [-0.25, -0.2) is 9.97 Å². The van der Waals surface area contributed by atoms with Gasteiger partial charge in [0.1, 0.15) is 17.2 Å². The van der Waals surface area contributed by atoms with Gasteiger partial charge in [-0.15, -0.1) is 23.2 Å². The van der Waals surface area contributed by atoms with Crippen LogP contribution in [0.3, 0.4) is 0 Å². The first-order valence-corrected chi connectivity index (χ1v) is 14.1. The fourth-order valence-corrected chi connectivity index (χ4v) is 4.92. The van der Waals surface area contributed by atoms with E-state index in [2.05, 4.69) is 68.2 Å². The molecule has 0 unspecified atom stereocenters. The molecule has 2 heterocycles. The van der Waals surface area contributed by atoms with Crippen molar-refractivity contribution in [2.45, 2.75) is 68.5 Å². The van der Waals surface area contributed by atoms with Crippen molar-refractivity contribution in [2.75, 3.05) is 5.34 Å². The molecule has 0 saturated carbocycles. The first-order chi connectivity index (χ1) is 19.5. The monoisotopic (exact) mass is 597 g/mol. The molecular formula is C31H39Cl2N6O2+. The summed E-state index contributed by atoms with van der Waals surface area (Å²) in [6.45, 7) is 17.9. The molecule has 0 radical (unpaired) electrons. The van der Waals surface area contributed by atoms with Gasteiger partial charge in [-0.2, -0.15) is 5.21 Å². The van der Waals surface area contributed by atoms with E-state index < -0.39 is 0 Å². The summed E-state index contributed by atoms with van der Waals surface area (Å²) in [5.74, 6) is 1.98. The number of benzene rings is 2. The molecule has 0 saturated heterocycles. The predicted octanol–water partition coefficient (Wildman–Crippen LogP) is 7.63. The molecular weight excluding hydrogens is 559 g/mol. The molecule has 0 aliphatic carbocycles. The normalized spacial score (nSPS) is 10.4. The number of aryl methyl sites for hydroxylation is 6. The van der Waals surface area contributed by atoms with Gasteiger partial charge in [0.15, 0.2) is 0 Å². The summed E-state index contributed by atoms with van der Waals surface area (Å²) >= 11 is 9.53. The molecule has 0 aliphatic rings. The van der Waals surface area contributed by atoms with Crippen molar-refractivity contribution in [3.8, 4) is 6.07 Å². The van der Waals surface area contributed by atoms with Crippen LogP contribution in [0.25, 0.3) is 5.01 Å². The first kappa shape index (κ1) is 33.4. The molecule has 0 fully saturated rings. The number of imidazole rings is 2. The Bertz CT molecular complexity index is 1560. The average Bonchev–Trinajstić information content (AvgIpc) is 3.52. The van der Waals surface area contributed by atoms with Crippen molar-refractivity contribution in [3.63, 3.8) is 0 Å². The molecule has 4 rings (SSSR count). The van der Waals surface area contributed by atoms with E-state index in [0.717, 1.165) is 58.1 Å². The van der Waals surface area contributed by atoms with Crippen molar-refractivity contribution < 1.29 is 10.4 Å². The summed E-state index contributed by atoms with van der Waals surface area (Å²) < 4.78 is 4.22. The molecule has 0 atom stereocenters. The molecule has 2 N–H and O–H groups in total. The van der Waals surface area contributed by atoms with E-state index in [1.807, 2.05) is 53.2 Å². The molecule has 4 aromatic rings. The smallest absolute Gasteiger partial charge is 0.388 e. The maximum Gasteiger partial charge on any atom is 0.388 e. The number of rotatable bonds is 5. The number of hydrogen-bond acceptors (Lipinski definition) is 5. The fraction of sp³-hybridized carbons (Fsp3) is 0.355. The lowest BCUT2D eigenvalue weighted by atomic mass is 9.94. The van der Waals surface area contributed by atoms with Crippen molar-refractivity contribution in [1.82, 2.24) is 19.1 Å². The molecule has 8 nitrogen and oxygen atoms in total. The molecule has 218 valence electrons. The summed E-state index contributed by atoms with van der Waals surface area (Å²) in [7, 11) is 0. The van der Waals surface area contributed by atoms with Crippen molar-refractivity contribution in [2.24, 2.45) is 5.16 Å². The van der Waals surface area contributed by atoms with Crippen LogP contribution in [0.4, 0.5) is 0 Å². The third-order valence-electron chi connectivity index (χ3n) is 7.17. The van der Waals surface area contributed by atoms with E-state index >= 15 is 0 Å². The Morgan fingerprint density at radius 3 is 1.68 bits per heavy atom. The Labute approximate surface area is 252 Å². The highest BCUT2D eigenvalue weighted by Gasteiger charge is 2.15. The van der Waals surface area contributed by atoms with E-state index in [-0.39, 0.29) is 5.34 Å². The van der Waals surface area contributed by atoms with Crippen LogP contribution in [0.5, 0.6) is 0 Å². The van der Waals surface area contributed by atoms with Crippen LogP contribution in [-0.4, -0.2) is 41.1 Å². The minimum atomic E-state index is 0.194. The highest BCUT2D eigenvalue weighted by atomic mass is 35.5. The molecule has 0 spiro atoms. The van der Waals surface area contributed by atoms with Crippen LogP contribution in [-0.2, 0) is 13.1 Å². The number of hydrogen-bond donors (Lipinski definition) is 2. The van der Waals surface area contributed by atoms with Gasteiger partial charge in [0.2, 0.25) is 5.01 Å². The summed E-state index contributed by atoms with van der Waals surface area (Å²) in [6.07, 6.45) is 9.07. The van der Waals surface area contributed by atoms with Gasteiger partial charge < -0.3 is 14.3 Å². The van der Waals surface area contributed by atoms with Gasteiger partial charge in [0.25, 0.3) is 0 Å². The Morgan fingerprint density at radius 2 is 1.27 bits per heavy atom. The second-order valence-electron chi connectivity index (χ2n) is 9.78. The highest BCUT2D eigenvalue weighted by molar-refractivity contribution is 6.40. The van der Waals surface area contributed by atoms with Crippen LogP contribution in [0.15, 0.2) is 42.1 Å². The summed E-state index contributed by atoms with van der Waals surface area (Å²) in [6, 6.07) is 6.89. The zero-order valence-corrected chi connectivity index (χ0v) is 26.5. The number of aromatic nitrogens is 4. The van der Waals surface area contributed by atoms with Gasteiger partial charge in [-0.1, -0.05) is 17.3 Å². The van der Waals surface area contributed by atoms with Gasteiger partial charge in [-0.05, 0) is 99.9 Å². The van der Waals surface area contributed by atoms with Crippen LogP contribution >= 0.6 is 23.2 Å². The number of alkyl halides is 2. The van der Waals surface area contributed by atoms with Crippen molar-refractivity contribution >= 4 is 29.4 Å². The number of nitrogens with zero attached hydrogens (tertiary/aromatic N) is 6. The van der Waals surface area contributed by atoms with Crippen LogP contribution < -0.4 is 0 Å². The standard InChI is InChI=1S/C15H19N3O.C15H17N3O.CH2Cl2/c2*1-10-7-11(2)15(12(3)14(10)8-17-19)9-18-6-5-16-13(18)4;2-1-3/h5-8,19H,9H2,1-4H3;5-7H,9H2,1-4H3;1H2/p+1/b17-8+;;. The SMILES string of the molecule is Cc1cc(C)c(Cn2ccnc2C)c(C)c1/C=N/O.Cc1cc(C)c(Cn2ccnc2C)c(C)c1C#[N+]O.ClCCl. The lowest BCUT2D eigenvalue weighted by molar-refractivity contribution is 0.322. The molecule has 10 heteroatoms. The number of oxime groups is 1. The van der Waals surface area contributed by atoms with Gasteiger partial charge in [0.05, 0.1) is 11.6 Å². The van der Waals surface area contributed by atoms with E-state index in [0.29, 0.717) is 0 Å². The lowest BCUT2D eigenvalue weighted by Gasteiger charge is -2.16. The van der Waals surface area contributed by atoms with E-state index in [1.54, 1.807) is 6.20 Å². The second kappa shape index (κ2) is 15.8. The topological polar surface area (TPSA) is 92.8 Å². The highest BCUT2D eigenvalue weighted by Crippen LogP contribution is 2.24. The second-order valence-corrected chi connectivity index (χ2v) is 10.6. The first-order valence-electron chi connectivity index (χ1n) is 13.0. The Balaban J connectivity index is 0.000000262. The summed E-state index contributed by atoms with van der Waals surface area (Å²) in [5.41, 5.74) is 11.2. The zero-order valence-electron chi connectivity index (χ0n) is 25.0. The van der Waals surface area contributed by atoms with E-state index in [4.69, 9.17) is 33.6 Å². The summed E-state index contributed by atoms with van der Waals surface area (Å²) in [5, 5.41) is 23.9. The van der Waals surface area contributed by atoms with Crippen molar-refractivity contribution in [3.05, 3.63) is 109 Å². The molecule has 0 aliphatic heterocycles. The van der Waals surface area contributed by atoms with E-state index in [1.165, 1.54) is 28.5 Å². The Hall–Kier alpha value is -3.80. The van der Waals surface area contributed by atoms with Crippen LogP contribution in [0.2, 0.25) is 0 Å². The van der Waals surface area contributed by atoms with Crippen molar-refractivity contribution in [1.29, 1.82) is 0 Å². The summed E-state index contributed by atoms with van der Waals surface area (Å²) in [4.78, 5) is 8.48. The fourth-order valence-electron chi connectivity index (χ4n) is 4.92. The van der Waals surface area contributed by atoms with Crippen LogP contribution in [0.1, 0.15) is 67.3 Å². The minimum absolute atomic E-state index is 0.194. The number of halogens is 2. The Morgan fingerprint density at radius 1 is 0.805 bits per heavy atom. The lowest BCUT2D eigenvalue weighted by Crippen LogP contribution is -2.07. The molecule has 41 heavy (non-hydrogen) atoms. The van der Waals surface area contributed by atoms with E-state index in [9.17, 15) is 0 Å². The third kappa shape index (κ3) is 8.59. The maximum absolute atomic E-state index is 8.78. The molecule has 0 bridgehead atoms. The molecule has 2 aromatic carbocycles. The zero-order chi connectivity index (χ0) is 30.7. The quantitative estimate of drug-likeness (QED) is 0.107. The average molecular weight is 599 g/mol. The van der Waals surface area contributed by atoms with Gasteiger partial charge in [-0.3, -0.25) is 0 Å². The van der Waals surface area contributed by atoms with Gasteiger partial charge in [0, 0.05) is 43.4 Å². The Kier molecular flexibility index (Phi) is 12.9. The molecule has 2 aromatic heterocycles.